The lowest BCUT2D eigenvalue weighted by molar-refractivity contribution is 0.0256. The van der Waals surface area contributed by atoms with Crippen molar-refractivity contribution in [1.82, 2.24) is 5.32 Å². The number of aliphatic hydroxyl groups is 1. The van der Waals surface area contributed by atoms with E-state index in [4.69, 9.17) is 0 Å². The number of hydrogen-bond donors (Lipinski definition) is 2. The summed E-state index contributed by atoms with van der Waals surface area (Å²) in [5.41, 5.74) is 1.89. The monoisotopic (exact) mass is 203 g/mol. The minimum Gasteiger partial charge on any atom is -0.393 e. The van der Waals surface area contributed by atoms with Gasteiger partial charge in [0.15, 0.2) is 0 Å². The minimum atomic E-state index is -0.167. The molecular weight excluding hydrogens is 190 g/mol. The second kappa shape index (κ2) is 3.07. The third-order valence-electron chi connectivity index (χ3n) is 3.45. The largest absolute Gasteiger partial charge is 0.393 e. The van der Waals surface area contributed by atoms with Crippen LogP contribution in [-0.2, 0) is 0 Å². The summed E-state index contributed by atoms with van der Waals surface area (Å²) in [4.78, 5) is 11.6. The third-order valence-corrected chi connectivity index (χ3v) is 3.45. The fourth-order valence-electron chi connectivity index (χ4n) is 2.55. The molecule has 1 aromatic rings. The third kappa shape index (κ3) is 1.27. The van der Waals surface area contributed by atoms with Crippen molar-refractivity contribution in [2.75, 3.05) is 0 Å². The first-order valence-electron chi connectivity index (χ1n) is 5.33. The van der Waals surface area contributed by atoms with Crippen molar-refractivity contribution in [1.29, 1.82) is 0 Å². The molecule has 15 heavy (non-hydrogen) atoms. The van der Waals surface area contributed by atoms with Gasteiger partial charge in [0.25, 0.3) is 5.91 Å². The summed E-state index contributed by atoms with van der Waals surface area (Å²) in [5, 5.41) is 12.3. The molecule has 1 heterocycles. The number of carbonyl (C=O) groups is 1. The average molecular weight is 203 g/mol. The van der Waals surface area contributed by atoms with E-state index < -0.39 is 0 Å². The zero-order valence-electron chi connectivity index (χ0n) is 8.31. The van der Waals surface area contributed by atoms with Crippen LogP contribution < -0.4 is 5.32 Å². The molecule has 1 amide bonds. The molecule has 1 aromatic carbocycles. The van der Waals surface area contributed by atoms with Crippen LogP contribution in [0.3, 0.4) is 0 Å². The van der Waals surface area contributed by atoms with Gasteiger partial charge in [-0.2, -0.15) is 0 Å². The van der Waals surface area contributed by atoms with Crippen LogP contribution >= 0.6 is 0 Å². The molecule has 1 fully saturated rings. The van der Waals surface area contributed by atoms with Crippen LogP contribution in [-0.4, -0.2) is 17.1 Å². The Bertz CT molecular complexity index is 410. The van der Waals surface area contributed by atoms with Crippen molar-refractivity contribution < 1.29 is 9.90 Å². The van der Waals surface area contributed by atoms with Crippen LogP contribution in [0.1, 0.15) is 34.8 Å². The van der Waals surface area contributed by atoms with Crippen LogP contribution in [0, 0.1) is 5.92 Å². The molecule has 3 nitrogen and oxygen atoms in total. The molecule has 0 radical (unpaired) electrons. The first-order valence-corrected chi connectivity index (χ1v) is 5.33. The predicted molar refractivity (Wildman–Crippen MR) is 55.4 cm³/mol. The molecule has 3 heteroatoms. The first kappa shape index (κ1) is 8.92. The Balaban J connectivity index is 1.91. The van der Waals surface area contributed by atoms with Crippen molar-refractivity contribution in [3.63, 3.8) is 0 Å². The summed E-state index contributed by atoms with van der Waals surface area (Å²) < 4.78 is 0. The van der Waals surface area contributed by atoms with E-state index in [9.17, 15) is 9.90 Å². The second-order valence-electron chi connectivity index (χ2n) is 4.42. The van der Waals surface area contributed by atoms with Gasteiger partial charge in [-0.05, 0) is 30.4 Å². The van der Waals surface area contributed by atoms with Gasteiger partial charge in [-0.1, -0.05) is 18.2 Å². The van der Waals surface area contributed by atoms with E-state index in [0.29, 0.717) is 5.92 Å². The number of aliphatic hydroxyl groups excluding tert-OH is 1. The van der Waals surface area contributed by atoms with E-state index in [1.165, 1.54) is 0 Å². The van der Waals surface area contributed by atoms with E-state index in [1.54, 1.807) is 0 Å². The van der Waals surface area contributed by atoms with Gasteiger partial charge in [0.05, 0.1) is 12.1 Å². The van der Waals surface area contributed by atoms with Crippen molar-refractivity contribution in [3.05, 3.63) is 35.4 Å². The second-order valence-corrected chi connectivity index (χ2v) is 4.42. The minimum absolute atomic E-state index is 0.0250. The Labute approximate surface area is 88.1 Å². The number of benzene rings is 1. The van der Waals surface area contributed by atoms with Crippen LogP contribution in [0.2, 0.25) is 0 Å². The zero-order chi connectivity index (χ0) is 10.4. The number of fused-ring (bicyclic) bond motifs is 1. The lowest BCUT2D eigenvalue weighted by atomic mass is 9.75. The highest BCUT2D eigenvalue weighted by molar-refractivity contribution is 5.99. The van der Waals surface area contributed by atoms with E-state index in [-0.39, 0.29) is 18.1 Å². The topological polar surface area (TPSA) is 49.3 Å². The molecule has 0 saturated heterocycles. The molecule has 0 aromatic heterocycles. The number of amides is 1. The fourth-order valence-corrected chi connectivity index (χ4v) is 2.55. The van der Waals surface area contributed by atoms with Gasteiger partial charge in [-0.15, -0.1) is 0 Å². The van der Waals surface area contributed by atoms with Gasteiger partial charge in [-0.25, -0.2) is 0 Å². The number of carbonyl (C=O) groups excluding carboxylic acids is 1. The summed E-state index contributed by atoms with van der Waals surface area (Å²) >= 11 is 0. The normalized spacial score (nSPS) is 33.1. The molecule has 1 aliphatic carbocycles. The lowest BCUT2D eigenvalue weighted by Gasteiger charge is -2.36. The SMILES string of the molecule is O=C1NC(C2CC(O)C2)c2ccccc21. The van der Waals surface area contributed by atoms with Gasteiger partial charge in [-0.3, -0.25) is 4.79 Å². The van der Waals surface area contributed by atoms with Crippen molar-refractivity contribution in [3.8, 4) is 0 Å². The summed E-state index contributed by atoms with van der Waals surface area (Å²) in [5.74, 6) is 0.435. The summed E-state index contributed by atoms with van der Waals surface area (Å²) in [6.45, 7) is 0. The number of rotatable bonds is 1. The van der Waals surface area contributed by atoms with E-state index in [2.05, 4.69) is 5.32 Å². The smallest absolute Gasteiger partial charge is 0.252 e. The van der Waals surface area contributed by atoms with Crippen molar-refractivity contribution in [2.45, 2.75) is 25.0 Å². The maximum Gasteiger partial charge on any atom is 0.252 e. The molecule has 2 N–H and O–H groups in total. The van der Waals surface area contributed by atoms with Gasteiger partial charge in [0.1, 0.15) is 0 Å². The zero-order valence-corrected chi connectivity index (χ0v) is 8.31. The Kier molecular flexibility index (Phi) is 1.83. The maximum atomic E-state index is 11.6. The highest BCUT2D eigenvalue weighted by Gasteiger charge is 2.40. The van der Waals surface area contributed by atoms with Crippen LogP contribution in [0.15, 0.2) is 24.3 Å². The Morgan fingerprint density at radius 3 is 2.73 bits per heavy atom. The van der Waals surface area contributed by atoms with Gasteiger partial charge < -0.3 is 10.4 Å². The number of nitrogens with one attached hydrogen (secondary N) is 1. The molecule has 0 spiro atoms. The molecule has 1 saturated carbocycles. The molecule has 2 aliphatic rings. The summed E-state index contributed by atoms with van der Waals surface area (Å²) in [6, 6.07) is 7.83. The van der Waals surface area contributed by atoms with Crippen LogP contribution in [0.4, 0.5) is 0 Å². The van der Waals surface area contributed by atoms with Crippen LogP contribution in [0.5, 0.6) is 0 Å². The maximum absolute atomic E-state index is 11.6. The molecule has 1 atom stereocenters. The summed E-state index contributed by atoms with van der Waals surface area (Å²) in [6.07, 6.45) is 1.44. The van der Waals surface area contributed by atoms with Crippen molar-refractivity contribution >= 4 is 5.91 Å². The molecule has 1 aliphatic heterocycles. The molecule has 78 valence electrons. The molecular formula is C12H13NO2. The van der Waals surface area contributed by atoms with Gasteiger partial charge in [0.2, 0.25) is 0 Å². The van der Waals surface area contributed by atoms with Crippen molar-refractivity contribution in [2.24, 2.45) is 5.92 Å². The van der Waals surface area contributed by atoms with E-state index >= 15 is 0 Å². The Hall–Kier alpha value is -1.35. The Morgan fingerprint density at radius 2 is 2.00 bits per heavy atom. The summed E-state index contributed by atoms with van der Waals surface area (Å²) in [7, 11) is 0. The van der Waals surface area contributed by atoms with Crippen LogP contribution in [0.25, 0.3) is 0 Å². The fraction of sp³-hybridized carbons (Fsp3) is 0.417. The highest BCUT2D eigenvalue weighted by atomic mass is 16.3. The molecule has 0 bridgehead atoms. The lowest BCUT2D eigenvalue weighted by Crippen LogP contribution is -2.37. The highest BCUT2D eigenvalue weighted by Crippen LogP contribution is 2.41. The first-order chi connectivity index (χ1) is 7.25. The van der Waals surface area contributed by atoms with E-state index in [1.807, 2.05) is 24.3 Å². The Morgan fingerprint density at radius 1 is 1.27 bits per heavy atom. The number of hydrogen-bond acceptors (Lipinski definition) is 2. The molecule has 1 unspecified atom stereocenters. The average Bonchev–Trinajstić information content (AvgIpc) is 2.52. The van der Waals surface area contributed by atoms with Gasteiger partial charge in [0, 0.05) is 5.56 Å². The molecule has 3 rings (SSSR count). The van der Waals surface area contributed by atoms with Gasteiger partial charge >= 0.3 is 0 Å². The van der Waals surface area contributed by atoms with E-state index in [0.717, 1.165) is 24.0 Å². The standard InChI is InChI=1S/C12H13NO2/c14-8-5-7(6-8)11-9-3-1-2-4-10(9)12(15)13-11/h1-4,7-8,11,14H,5-6H2,(H,13,15). The predicted octanol–water partition coefficient (Wildman–Crippen LogP) is 1.24. The quantitative estimate of drug-likeness (QED) is 0.721.